The highest BCUT2D eigenvalue weighted by Crippen LogP contribution is 2.14. The molecule has 4 heteroatoms. The van der Waals surface area contributed by atoms with E-state index in [-0.39, 0.29) is 0 Å². The molecule has 0 radical (unpaired) electrons. The Kier molecular flexibility index (Phi) is 5.77. The third-order valence-electron chi connectivity index (χ3n) is 2.73. The molecule has 0 amide bonds. The molecule has 0 atom stereocenters. The number of aromatic nitrogens is 1. The van der Waals surface area contributed by atoms with Crippen molar-refractivity contribution in [3.05, 3.63) is 18.2 Å². The monoisotopic (exact) mass is 236 g/mol. The summed E-state index contributed by atoms with van der Waals surface area (Å²) in [6, 6.07) is 6.10. The molecule has 0 aromatic carbocycles. The molecule has 17 heavy (non-hydrogen) atoms. The lowest BCUT2D eigenvalue weighted by Gasteiger charge is -2.23. The van der Waals surface area contributed by atoms with Gasteiger partial charge in [0.2, 0.25) is 0 Å². The highest BCUT2D eigenvalue weighted by molar-refractivity contribution is 5.46. The molecule has 0 fully saturated rings. The average Bonchev–Trinajstić information content (AvgIpc) is 2.34. The third kappa shape index (κ3) is 4.61. The van der Waals surface area contributed by atoms with E-state index >= 15 is 0 Å². The van der Waals surface area contributed by atoms with Gasteiger partial charge in [0, 0.05) is 20.1 Å². The van der Waals surface area contributed by atoms with E-state index in [2.05, 4.69) is 47.2 Å². The minimum absolute atomic E-state index is 0.925. The molecule has 1 heterocycles. The maximum Gasteiger partial charge on any atom is 0.130 e. The van der Waals surface area contributed by atoms with Crippen LogP contribution in [0.25, 0.3) is 0 Å². The number of rotatable bonds is 7. The molecule has 1 rings (SSSR count). The first-order valence-corrected chi connectivity index (χ1v) is 6.22. The zero-order valence-corrected chi connectivity index (χ0v) is 11.4. The van der Waals surface area contributed by atoms with Crippen LogP contribution < -0.4 is 10.2 Å². The van der Waals surface area contributed by atoms with Crippen molar-refractivity contribution >= 4 is 11.6 Å². The van der Waals surface area contributed by atoms with Crippen molar-refractivity contribution in [3.8, 4) is 0 Å². The molecule has 1 aromatic rings. The molecule has 0 saturated heterocycles. The normalized spacial score (nSPS) is 10.6. The Hall–Kier alpha value is -1.29. The van der Waals surface area contributed by atoms with Crippen LogP contribution in [0.15, 0.2) is 18.2 Å². The van der Waals surface area contributed by atoms with E-state index in [1.54, 1.807) is 0 Å². The van der Waals surface area contributed by atoms with E-state index in [9.17, 15) is 0 Å². The van der Waals surface area contributed by atoms with Crippen molar-refractivity contribution in [1.29, 1.82) is 0 Å². The van der Waals surface area contributed by atoms with Gasteiger partial charge in [-0.25, -0.2) is 4.98 Å². The van der Waals surface area contributed by atoms with E-state index in [0.29, 0.717) is 0 Å². The summed E-state index contributed by atoms with van der Waals surface area (Å²) in [5.74, 6) is 1.98. The van der Waals surface area contributed by atoms with Crippen LogP contribution in [0.3, 0.4) is 0 Å². The standard InChI is InChI=1S/C13H24N4/c1-5-17(11-7-10-16(3)4)13-9-6-8-12(14-2)15-13/h6,8-9H,5,7,10-11H2,1-4H3,(H,14,15). The molecule has 0 aliphatic carbocycles. The summed E-state index contributed by atoms with van der Waals surface area (Å²) in [5, 5.41) is 3.07. The van der Waals surface area contributed by atoms with E-state index < -0.39 is 0 Å². The number of nitrogens with one attached hydrogen (secondary N) is 1. The molecule has 4 nitrogen and oxygen atoms in total. The number of hydrogen-bond acceptors (Lipinski definition) is 4. The van der Waals surface area contributed by atoms with Gasteiger partial charge in [0.25, 0.3) is 0 Å². The topological polar surface area (TPSA) is 31.4 Å². The summed E-state index contributed by atoms with van der Waals surface area (Å²) < 4.78 is 0. The van der Waals surface area contributed by atoms with Crippen LogP contribution in [0.1, 0.15) is 13.3 Å². The van der Waals surface area contributed by atoms with E-state index in [4.69, 9.17) is 0 Å². The van der Waals surface area contributed by atoms with Gasteiger partial charge < -0.3 is 15.1 Å². The quantitative estimate of drug-likeness (QED) is 0.783. The summed E-state index contributed by atoms with van der Waals surface area (Å²) >= 11 is 0. The zero-order chi connectivity index (χ0) is 12.7. The van der Waals surface area contributed by atoms with Crippen molar-refractivity contribution in [2.45, 2.75) is 13.3 Å². The van der Waals surface area contributed by atoms with Crippen molar-refractivity contribution in [2.75, 3.05) is 51.0 Å². The van der Waals surface area contributed by atoms with Crippen LogP contribution in [0.2, 0.25) is 0 Å². The molecule has 0 aliphatic heterocycles. The molecule has 0 unspecified atom stereocenters. The Morgan fingerprint density at radius 1 is 1.24 bits per heavy atom. The second-order valence-electron chi connectivity index (χ2n) is 4.37. The predicted octanol–water partition coefficient (Wildman–Crippen LogP) is 1.90. The van der Waals surface area contributed by atoms with Crippen molar-refractivity contribution in [2.24, 2.45) is 0 Å². The SMILES string of the molecule is CCN(CCCN(C)C)c1cccc(NC)n1. The fraction of sp³-hybridized carbons (Fsp3) is 0.615. The van der Waals surface area contributed by atoms with E-state index in [1.165, 1.54) is 0 Å². The number of nitrogens with zero attached hydrogens (tertiary/aromatic N) is 3. The van der Waals surface area contributed by atoms with Crippen LogP contribution in [0.5, 0.6) is 0 Å². The summed E-state index contributed by atoms with van der Waals surface area (Å²) in [4.78, 5) is 9.08. The molecule has 0 spiro atoms. The van der Waals surface area contributed by atoms with Crippen molar-refractivity contribution in [1.82, 2.24) is 9.88 Å². The highest BCUT2D eigenvalue weighted by Gasteiger charge is 2.06. The largest absolute Gasteiger partial charge is 0.373 e. The summed E-state index contributed by atoms with van der Waals surface area (Å²) in [6.45, 7) is 5.33. The smallest absolute Gasteiger partial charge is 0.130 e. The first-order chi connectivity index (χ1) is 8.17. The molecule has 96 valence electrons. The van der Waals surface area contributed by atoms with Crippen LogP contribution >= 0.6 is 0 Å². The van der Waals surface area contributed by atoms with Crippen molar-refractivity contribution < 1.29 is 0 Å². The van der Waals surface area contributed by atoms with Gasteiger partial charge in [0.15, 0.2) is 0 Å². The zero-order valence-electron chi connectivity index (χ0n) is 11.4. The average molecular weight is 236 g/mol. The second-order valence-corrected chi connectivity index (χ2v) is 4.37. The minimum atomic E-state index is 0.925. The lowest BCUT2D eigenvalue weighted by atomic mass is 10.3. The van der Waals surface area contributed by atoms with Gasteiger partial charge in [-0.1, -0.05) is 6.07 Å². The molecule has 0 aliphatic rings. The first-order valence-electron chi connectivity index (χ1n) is 6.22. The Labute approximate surface area is 105 Å². The van der Waals surface area contributed by atoms with Crippen LogP contribution in [-0.2, 0) is 0 Å². The lowest BCUT2D eigenvalue weighted by Crippen LogP contribution is -2.27. The number of anilines is 2. The Morgan fingerprint density at radius 2 is 2.00 bits per heavy atom. The lowest BCUT2D eigenvalue weighted by molar-refractivity contribution is 0.400. The number of hydrogen-bond donors (Lipinski definition) is 1. The van der Waals surface area contributed by atoms with Crippen molar-refractivity contribution in [3.63, 3.8) is 0 Å². The summed E-state index contributed by atoms with van der Waals surface area (Å²) in [7, 11) is 6.11. The van der Waals surface area contributed by atoms with Gasteiger partial charge in [-0.05, 0) is 46.1 Å². The fourth-order valence-corrected chi connectivity index (χ4v) is 1.75. The maximum atomic E-state index is 4.56. The van der Waals surface area contributed by atoms with Gasteiger partial charge in [0.05, 0.1) is 0 Å². The molecule has 0 bridgehead atoms. The number of pyridine rings is 1. The van der Waals surface area contributed by atoms with Gasteiger partial charge in [-0.15, -0.1) is 0 Å². The summed E-state index contributed by atoms with van der Waals surface area (Å²) in [5.41, 5.74) is 0. The molecular weight excluding hydrogens is 212 g/mol. The highest BCUT2D eigenvalue weighted by atomic mass is 15.2. The van der Waals surface area contributed by atoms with Gasteiger partial charge in [-0.3, -0.25) is 0 Å². The molecule has 1 N–H and O–H groups in total. The third-order valence-corrected chi connectivity index (χ3v) is 2.73. The van der Waals surface area contributed by atoms with E-state index in [0.717, 1.165) is 37.7 Å². The van der Waals surface area contributed by atoms with Gasteiger partial charge >= 0.3 is 0 Å². The second kappa shape index (κ2) is 7.12. The molecule has 0 saturated carbocycles. The molecule has 1 aromatic heterocycles. The summed E-state index contributed by atoms with van der Waals surface area (Å²) in [6.07, 6.45) is 1.16. The van der Waals surface area contributed by atoms with Gasteiger partial charge in [0.1, 0.15) is 11.6 Å². The Balaban J connectivity index is 2.59. The van der Waals surface area contributed by atoms with Gasteiger partial charge in [-0.2, -0.15) is 0 Å². The first kappa shape index (κ1) is 13.8. The minimum Gasteiger partial charge on any atom is -0.373 e. The molecular formula is C13H24N4. The van der Waals surface area contributed by atoms with Crippen LogP contribution in [0.4, 0.5) is 11.6 Å². The van der Waals surface area contributed by atoms with Crippen LogP contribution in [0, 0.1) is 0 Å². The fourth-order valence-electron chi connectivity index (χ4n) is 1.75. The Morgan fingerprint density at radius 3 is 2.59 bits per heavy atom. The maximum absolute atomic E-state index is 4.56. The van der Waals surface area contributed by atoms with E-state index in [1.807, 2.05) is 19.2 Å². The van der Waals surface area contributed by atoms with Crippen LogP contribution in [-0.4, -0.2) is 50.7 Å². The Bertz CT molecular complexity index is 325. The predicted molar refractivity (Wildman–Crippen MR) is 74.8 cm³/mol.